The van der Waals surface area contributed by atoms with E-state index in [1.54, 1.807) is 0 Å². The molecule has 0 saturated heterocycles. The monoisotopic (exact) mass is 260 g/mol. The van der Waals surface area contributed by atoms with E-state index in [4.69, 9.17) is 10.5 Å². The van der Waals surface area contributed by atoms with Crippen molar-refractivity contribution in [3.63, 3.8) is 0 Å². The summed E-state index contributed by atoms with van der Waals surface area (Å²) in [6.07, 6.45) is 6.49. The molecular formula is C16H24N2O. The van der Waals surface area contributed by atoms with Crippen LogP contribution in [0.5, 0.6) is 5.75 Å². The summed E-state index contributed by atoms with van der Waals surface area (Å²) in [5, 5.41) is 0. The lowest BCUT2D eigenvalue weighted by molar-refractivity contribution is 0.321. The first-order chi connectivity index (χ1) is 9.40. The molecule has 0 aromatic heterocycles. The number of benzene rings is 1. The van der Waals surface area contributed by atoms with Gasteiger partial charge in [0.2, 0.25) is 0 Å². The van der Waals surface area contributed by atoms with Gasteiger partial charge in [0.05, 0.1) is 12.3 Å². The Morgan fingerprint density at radius 3 is 2.79 bits per heavy atom. The summed E-state index contributed by atoms with van der Waals surface area (Å²) in [6, 6.07) is 8.89. The zero-order valence-corrected chi connectivity index (χ0v) is 11.6. The Bertz CT molecular complexity index is 415. The molecule has 1 fully saturated rings. The summed E-state index contributed by atoms with van der Waals surface area (Å²) in [6.45, 7) is 2.63. The van der Waals surface area contributed by atoms with Crippen LogP contribution in [0.15, 0.2) is 24.3 Å². The topological polar surface area (TPSA) is 38.5 Å². The van der Waals surface area contributed by atoms with Gasteiger partial charge < -0.3 is 15.4 Å². The molecule has 104 valence electrons. The van der Waals surface area contributed by atoms with Crippen LogP contribution in [0.25, 0.3) is 0 Å². The predicted octanol–water partition coefficient (Wildman–Crippen LogP) is 2.79. The molecular weight excluding hydrogens is 236 g/mol. The van der Waals surface area contributed by atoms with E-state index >= 15 is 0 Å². The van der Waals surface area contributed by atoms with Crippen LogP contribution in [-0.4, -0.2) is 25.7 Å². The summed E-state index contributed by atoms with van der Waals surface area (Å²) >= 11 is 0. The van der Waals surface area contributed by atoms with Crippen LogP contribution in [0.3, 0.4) is 0 Å². The van der Waals surface area contributed by atoms with E-state index in [2.05, 4.69) is 29.2 Å². The quantitative estimate of drug-likeness (QED) is 0.908. The Labute approximate surface area is 115 Å². The highest BCUT2D eigenvalue weighted by Crippen LogP contribution is 2.37. The SMILES string of the molecule is NCC(C1CCCC1)N1CCCOc2ccccc21. The van der Waals surface area contributed by atoms with E-state index in [0.717, 1.165) is 37.8 Å². The maximum absolute atomic E-state index is 6.11. The second-order valence-electron chi connectivity index (χ2n) is 5.71. The van der Waals surface area contributed by atoms with Crippen LogP contribution in [-0.2, 0) is 0 Å². The largest absolute Gasteiger partial charge is 0.491 e. The molecule has 1 aliphatic heterocycles. The number of nitrogens with two attached hydrogens (primary N) is 1. The molecule has 1 aromatic rings. The van der Waals surface area contributed by atoms with Crippen LogP contribution in [0.4, 0.5) is 5.69 Å². The Morgan fingerprint density at radius 2 is 2.00 bits per heavy atom. The second kappa shape index (κ2) is 5.83. The summed E-state index contributed by atoms with van der Waals surface area (Å²) in [7, 11) is 0. The van der Waals surface area contributed by atoms with Crippen molar-refractivity contribution in [2.45, 2.75) is 38.1 Å². The Morgan fingerprint density at radius 1 is 1.21 bits per heavy atom. The van der Waals surface area contributed by atoms with Crippen LogP contribution in [0.1, 0.15) is 32.1 Å². The summed E-state index contributed by atoms with van der Waals surface area (Å²) in [4.78, 5) is 2.51. The summed E-state index contributed by atoms with van der Waals surface area (Å²) in [5.74, 6) is 1.78. The van der Waals surface area contributed by atoms with Gasteiger partial charge in [-0.1, -0.05) is 25.0 Å². The molecule has 1 unspecified atom stereocenters. The molecule has 0 bridgehead atoms. The molecule has 0 amide bonds. The number of para-hydroxylation sites is 2. The number of hydrogen-bond acceptors (Lipinski definition) is 3. The standard InChI is InChI=1S/C16H24N2O/c17-12-15(13-6-1-2-7-13)18-10-5-11-19-16-9-4-3-8-14(16)18/h3-4,8-9,13,15H,1-2,5-7,10-12,17H2. The van der Waals surface area contributed by atoms with Gasteiger partial charge in [0.1, 0.15) is 5.75 Å². The molecule has 1 heterocycles. The molecule has 2 aliphatic rings. The third-order valence-electron chi connectivity index (χ3n) is 4.56. The van der Waals surface area contributed by atoms with E-state index in [-0.39, 0.29) is 0 Å². The lowest BCUT2D eigenvalue weighted by Crippen LogP contribution is -2.45. The first-order valence-corrected chi connectivity index (χ1v) is 7.58. The maximum Gasteiger partial charge on any atom is 0.142 e. The smallest absolute Gasteiger partial charge is 0.142 e. The van der Waals surface area contributed by atoms with Crippen molar-refractivity contribution in [1.82, 2.24) is 0 Å². The lowest BCUT2D eigenvalue weighted by Gasteiger charge is -2.36. The van der Waals surface area contributed by atoms with Gasteiger partial charge >= 0.3 is 0 Å². The Kier molecular flexibility index (Phi) is 3.92. The van der Waals surface area contributed by atoms with Crippen molar-refractivity contribution >= 4 is 5.69 Å². The molecule has 1 saturated carbocycles. The van der Waals surface area contributed by atoms with Crippen LogP contribution < -0.4 is 15.4 Å². The molecule has 1 aliphatic carbocycles. The molecule has 3 rings (SSSR count). The number of hydrogen-bond donors (Lipinski definition) is 1. The Hall–Kier alpha value is -1.22. The summed E-state index contributed by atoms with van der Waals surface area (Å²) < 4.78 is 5.85. The molecule has 2 N–H and O–H groups in total. The minimum Gasteiger partial charge on any atom is -0.491 e. The van der Waals surface area contributed by atoms with Gasteiger partial charge in [-0.15, -0.1) is 0 Å². The first kappa shape index (κ1) is 12.8. The van der Waals surface area contributed by atoms with Crippen molar-refractivity contribution in [3.8, 4) is 5.75 Å². The highest BCUT2D eigenvalue weighted by molar-refractivity contribution is 5.59. The second-order valence-corrected chi connectivity index (χ2v) is 5.71. The molecule has 19 heavy (non-hydrogen) atoms. The number of fused-ring (bicyclic) bond motifs is 1. The third kappa shape index (κ3) is 2.57. The molecule has 3 nitrogen and oxygen atoms in total. The number of rotatable bonds is 3. The van der Waals surface area contributed by atoms with E-state index in [1.807, 2.05) is 0 Å². The number of anilines is 1. The normalized spacial score (nSPS) is 21.6. The Balaban J connectivity index is 1.89. The highest BCUT2D eigenvalue weighted by atomic mass is 16.5. The lowest BCUT2D eigenvalue weighted by atomic mass is 9.95. The van der Waals surface area contributed by atoms with Gasteiger partial charge in [-0.2, -0.15) is 0 Å². The third-order valence-corrected chi connectivity index (χ3v) is 4.56. The molecule has 1 atom stereocenters. The average Bonchev–Trinajstić information content (AvgIpc) is 2.88. The fraction of sp³-hybridized carbons (Fsp3) is 0.625. The number of nitrogens with zero attached hydrogens (tertiary/aromatic N) is 1. The van der Waals surface area contributed by atoms with E-state index in [9.17, 15) is 0 Å². The zero-order valence-electron chi connectivity index (χ0n) is 11.6. The van der Waals surface area contributed by atoms with Crippen LogP contribution in [0.2, 0.25) is 0 Å². The minimum atomic E-state index is 0.477. The van der Waals surface area contributed by atoms with Gasteiger partial charge in [0, 0.05) is 19.1 Å². The molecule has 0 radical (unpaired) electrons. The predicted molar refractivity (Wildman–Crippen MR) is 78.7 cm³/mol. The number of ether oxygens (including phenoxy) is 1. The van der Waals surface area contributed by atoms with Gasteiger partial charge in [-0.05, 0) is 37.3 Å². The molecule has 0 spiro atoms. The van der Waals surface area contributed by atoms with Gasteiger partial charge in [-0.3, -0.25) is 0 Å². The fourth-order valence-electron chi connectivity index (χ4n) is 3.61. The zero-order chi connectivity index (χ0) is 13.1. The fourth-order valence-corrected chi connectivity index (χ4v) is 3.61. The highest BCUT2D eigenvalue weighted by Gasteiger charge is 2.31. The minimum absolute atomic E-state index is 0.477. The maximum atomic E-state index is 6.11. The van der Waals surface area contributed by atoms with Crippen molar-refractivity contribution in [1.29, 1.82) is 0 Å². The van der Waals surface area contributed by atoms with Crippen molar-refractivity contribution < 1.29 is 4.74 Å². The summed E-state index contributed by atoms with van der Waals surface area (Å²) in [5.41, 5.74) is 7.35. The van der Waals surface area contributed by atoms with E-state index in [0.29, 0.717) is 6.04 Å². The van der Waals surface area contributed by atoms with Crippen molar-refractivity contribution in [3.05, 3.63) is 24.3 Å². The molecule has 3 heteroatoms. The van der Waals surface area contributed by atoms with Gasteiger partial charge in [-0.25, -0.2) is 0 Å². The van der Waals surface area contributed by atoms with Crippen LogP contribution in [0, 0.1) is 5.92 Å². The van der Waals surface area contributed by atoms with Crippen molar-refractivity contribution in [2.75, 3.05) is 24.6 Å². The van der Waals surface area contributed by atoms with Crippen molar-refractivity contribution in [2.24, 2.45) is 11.7 Å². The molecule has 1 aromatic carbocycles. The van der Waals surface area contributed by atoms with Gasteiger partial charge in [0.15, 0.2) is 0 Å². The first-order valence-electron chi connectivity index (χ1n) is 7.58. The van der Waals surface area contributed by atoms with Gasteiger partial charge in [0.25, 0.3) is 0 Å². The van der Waals surface area contributed by atoms with E-state index in [1.165, 1.54) is 31.4 Å². The van der Waals surface area contributed by atoms with E-state index < -0.39 is 0 Å². The van der Waals surface area contributed by atoms with Crippen LogP contribution >= 0.6 is 0 Å². The average molecular weight is 260 g/mol.